The summed E-state index contributed by atoms with van der Waals surface area (Å²) < 4.78 is 11.0. The standard InChI is InChI=1S/C26H22O8/c27-19-7-1-16(2-8-19)13-14-33-25(32)26(15-17-3-9-20(28)10-4-17)22(23(30)24(31)34-26)18-5-11-21(29)12-6-18/h1-12,27-30H,13-15H2/t26-/m0/s1. The van der Waals surface area contributed by atoms with Gasteiger partial charge in [0.25, 0.3) is 0 Å². The molecular weight excluding hydrogens is 440 g/mol. The van der Waals surface area contributed by atoms with Crippen molar-refractivity contribution < 1.29 is 39.5 Å². The van der Waals surface area contributed by atoms with E-state index in [1.807, 2.05) is 0 Å². The lowest BCUT2D eigenvalue weighted by molar-refractivity contribution is -0.171. The zero-order valence-corrected chi connectivity index (χ0v) is 18.0. The Bertz CT molecular complexity index is 1230. The summed E-state index contributed by atoms with van der Waals surface area (Å²) >= 11 is 0. The molecule has 3 aromatic rings. The average molecular weight is 462 g/mol. The predicted molar refractivity (Wildman–Crippen MR) is 121 cm³/mol. The van der Waals surface area contributed by atoms with Crippen LogP contribution >= 0.6 is 0 Å². The fourth-order valence-electron chi connectivity index (χ4n) is 3.83. The van der Waals surface area contributed by atoms with Crippen LogP contribution in [-0.2, 0) is 31.9 Å². The second kappa shape index (κ2) is 9.19. The van der Waals surface area contributed by atoms with E-state index in [1.165, 1.54) is 48.5 Å². The lowest BCUT2D eigenvalue weighted by Gasteiger charge is -2.29. The third kappa shape index (κ3) is 4.52. The number of phenols is 3. The van der Waals surface area contributed by atoms with Gasteiger partial charge in [0.1, 0.15) is 17.2 Å². The van der Waals surface area contributed by atoms with Crippen molar-refractivity contribution in [3.8, 4) is 17.2 Å². The number of cyclic esters (lactones) is 1. The summed E-state index contributed by atoms with van der Waals surface area (Å²) in [6, 6.07) is 18.1. The molecule has 0 bridgehead atoms. The molecule has 0 saturated heterocycles. The van der Waals surface area contributed by atoms with Crippen LogP contribution in [0.3, 0.4) is 0 Å². The molecule has 0 aliphatic carbocycles. The van der Waals surface area contributed by atoms with Gasteiger partial charge >= 0.3 is 11.9 Å². The van der Waals surface area contributed by atoms with Gasteiger partial charge in [-0.3, -0.25) is 0 Å². The van der Waals surface area contributed by atoms with Crippen molar-refractivity contribution in [1.29, 1.82) is 0 Å². The highest BCUT2D eigenvalue weighted by molar-refractivity contribution is 6.11. The van der Waals surface area contributed by atoms with Crippen LogP contribution in [0.5, 0.6) is 17.2 Å². The number of carbonyl (C=O) groups is 2. The fraction of sp³-hybridized carbons (Fsp3) is 0.154. The first-order chi connectivity index (χ1) is 16.3. The Morgan fingerprint density at radius 1 is 0.765 bits per heavy atom. The van der Waals surface area contributed by atoms with E-state index in [2.05, 4.69) is 0 Å². The highest BCUT2D eigenvalue weighted by atomic mass is 16.6. The Morgan fingerprint density at radius 3 is 1.82 bits per heavy atom. The van der Waals surface area contributed by atoms with Crippen molar-refractivity contribution in [3.63, 3.8) is 0 Å². The predicted octanol–water partition coefficient (Wildman–Crippen LogP) is 3.40. The number of hydrogen-bond donors (Lipinski definition) is 4. The van der Waals surface area contributed by atoms with E-state index in [4.69, 9.17) is 9.47 Å². The van der Waals surface area contributed by atoms with Crippen molar-refractivity contribution in [2.75, 3.05) is 6.61 Å². The molecule has 4 N–H and O–H groups in total. The molecule has 0 unspecified atom stereocenters. The number of esters is 2. The normalized spacial score (nSPS) is 17.5. The summed E-state index contributed by atoms with van der Waals surface area (Å²) in [6.45, 7) is -0.0396. The average Bonchev–Trinajstić information content (AvgIpc) is 3.07. The van der Waals surface area contributed by atoms with Gasteiger partial charge in [-0.1, -0.05) is 36.4 Å². The molecule has 8 heteroatoms. The number of rotatable bonds is 7. The number of aliphatic hydroxyl groups is 1. The van der Waals surface area contributed by atoms with Crippen LogP contribution in [-0.4, -0.2) is 44.6 Å². The minimum atomic E-state index is -1.98. The number of phenolic OH excluding ortho intramolecular Hbond substituents is 3. The minimum absolute atomic E-state index is 0.0230. The first-order valence-electron chi connectivity index (χ1n) is 10.5. The SMILES string of the molecule is O=C1O[C@](Cc2ccc(O)cc2)(C(=O)OCCc2ccc(O)cc2)C(c2ccc(O)cc2)=C1O. The highest BCUT2D eigenvalue weighted by Gasteiger charge is 2.55. The van der Waals surface area contributed by atoms with E-state index in [-0.39, 0.29) is 35.8 Å². The molecular formula is C26H22O8. The third-order valence-electron chi connectivity index (χ3n) is 5.54. The van der Waals surface area contributed by atoms with Crippen molar-refractivity contribution in [2.45, 2.75) is 18.4 Å². The summed E-state index contributed by atoms with van der Waals surface area (Å²) in [5.41, 5.74) is -0.384. The Hall–Kier alpha value is -4.46. The maximum absolute atomic E-state index is 13.4. The van der Waals surface area contributed by atoms with Crippen LogP contribution in [0.25, 0.3) is 5.57 Å². The molecule has 0 spiro atoms. The van der Waals surface area contributed by atoms with Crippen molar-refractivity contribution in [1.82, 2.24) is 0 Å². The quantitative estimate of drug-likeness (QED) is 0.393. The topological polar surface area (TPSA) is 134 Å². The molecule has 0 aromatic heterocycles. The number of benzene rings is 3. The molecule has 0 saturated carbocycles. The van der Waals surface area contributed by atoms with E-state index in [0.717, 1.165) is 5.56 Å². The number of hydrogen-bond acceptors (Lipinski definition) is 8. The number of ether oxygens (including phenoxy) is 2. The molecule has 34 heavy (non-hydrogen) atoms. The van der Waals surface area contributed by atoms with Crippen LogP contribution in [0.15, 0.2) is 78.6 Å². The minimum Gasteiger partial charge on any atom is -0.508 e. The van der Waals surface area contributed by atoms with Gasteiger partial charge in [-0.05, 0) is 53.1 Å². The maximum atomic E-state index is 13.4. The molecule has 1 atom stereocenters. The van der Waals surface area contributed by atoms with Crippen molar-refractivity contribution in [3.05, 3.63) is 95.2 Å². The highest BCUT2D eigenvalue weighted by Crippen LogP contribution is 2.43. The monoisotopic (exact) mass is 462 g/mol. The van der Waals surface area contributed by atoms with E-state index >= 15 is 0 Å². The van der Waals surface area contributed by atoms with Gasteiger partial charge < -0.3 is 29.9 Å². The van der Waals surface area contributed by atoms with Gasteiger partial charge in [-0.15, -0.1) is 0 Å². The Balaban J connectivity index is 1.68. The molecule has 3 aromatic carbocycles. The molecule has 0 radical (unpaired) electrons. The van der Waals surface area contributed by atoms with Crippen molar-refractivity contribution >= 4 is 17.5 Å². The Labute approximate surface area is 194 Å². The van der Waals surface area contributed by atoms with E-state index in [0.29, 0.717) is 17.5 Å². The molecule has 8 nitrogen and oxygen atoms in total. The first kappa shape index (κ1) is 22.7. The smallest absolute Gasteiger partial charge is 0.375 e. The van der Waals surface area contributed by atoms with Crippen LogP contribution in [0.1, 0.15) is 16.7 Å². The molecule has 174 valence electrons. The zero-order valence-electron chi connectivity index (χ0n) is 18.0. The van der Waals surface area contributed by atoms with Gasteiger partial charge in [0, 0.05) is 12.8 Å². The molecule has 0 amide bonds. The number of aromatic hydroxyl groups is 3. The maximum Gasteiger partial charge on any atom is 0.375 e. The molecule has 1 heterocycles. The molecule has 4 rings (SSSR count). The lowest BCUT2D eigenvalue weighted by Crippen LogP contribution is -2.44. The summed E-state index contributed by atoms with van der Waals surface area (Å²) in [4.78, 5) is 25.9. The van der Waals surface area contributed by atoms with Crippen LogP contribution in [0, 0.1) is 0 Å². The second-order valence-electron chi connectivity index (χ2n) is 7.88. The lowest BCUT2D eigenvalue weighted by atomic mass is 9.83. The zero-order chi connectivity index (χ0) is 24.3. The molecule has 1 aliphatic rings. The van der Waals surface area contributed by atoms with E-state index in [9.17, 15) is 30.0 Å². The van der Waals surface area contributed by atoms with Crippen LogP contribution < -0.4 is 0 Å². The summed E-state index contributed by atoms with van der Waals surface area (Å²) in [5.74, 6) is -2.56. The number of carbonyl (C=O) groups excluding carboxylic acids is 2. The number of aliphatic hydroxyl groups excluding tert-OH is 1. The molecule has 1 aliphatic heterocycles. The fourth-order valence-corrected chi connectivity index (χ4v) is 3.83. The van der Waals surface area contributed by atoms with Gasteiger partial charge in [-0.2, -0.15) is 0 Å². The first-order valence-corrected chi connectivity index (χ1v) is 10.5. The van der Waals surface area contributed by atoms with Crippen LogP contribution in [0.4, 0.5) is 0 Å². The van der Waals surface area contributed by atoms with Crippen molar-refractivity contribution in [2.24, 2.45) is 0 Å². The summed E-state index contributed by atoms with van der Waals surface area (Å²) in [7, 11) is 0. The van der Waals surface area contributed by atoms with E-state index < -0.39 is 23.3 Å². The third-order valence-corrected chi connectivity index (χ3v) is 5.54. The van der Waals surface area contributed by atoms with Gasteiger partial charge in [0.05, 0.1) is 12.2 Å². The van der Waals surface area contributed by atoms with E-state index in [1.54, 1.807) is 24.3 Å². The van der Waals surface area contributed by atoms with Gasteiger partial charge in [-0.25, -0.2) is 9.59 Å². The van der Waals surface area contributed by atoms with Crippen LogP contribution in [0.2, 0.25) is 0 Å². The Morgan fingerprint density at radius 2 is 1.26 bits per heavy atom. The second-order valence-corrected chi connectivity index (χ2v) is 7.88. The Kier molecular flexibility index (Phi) is 6.14. The summed E-state index contributed by atoms with van der Waals surface area (Å²) in [6.07, 6.45) is 0.191. The van der Waals surface area contributed by atoms with Gasteiger partial charge in [0.2, 0.25) is 11.4 Å². The summed E-state index contributed by atoms with van der Waals surface area (Å²) in [5, 5.41) is 39.3. The van der Waals surface area contributed by atoms with Gasteiger partial charge in [0.15, 0.2) is 0 Å². The molecule has 0 fully saturated rings. The largest absolute Gasteiger partial charge is 0.508 e.